The van der Waals surface area contributed by atoms with Gasteiger partial charge in [-0.15, -0.1) is 0 Å². The Kier molecular flexibility index (Phi) is 5.55. The van der Waals surface area contributed by atoms with Crippen LogP contribution >= 0.6 is 11.6 Å². The molecule has 5 nitrogen and oxygen atoms in total. The number of ether oxygens (including phenoxy) is 1. The number of carbonyl (C=O) groups is 1. The first-order chi connectivity index (χ1) is 12.4. The van der Waals surface area contributed by atoms with Crippen LogP contribution in [0.3, 0.4) is 0 Å². The Labute approximate surface area is 159 Å². The van der Waals surface area contributed by atoms with Crippen LogP contribution in [-0.2, 0) is 11.5 Å². The summed E-state index contributed by atoms with van der Waals surface area (Å²) in [5.74, 6) is 0. The van der Waals surface area contributed by atoms with Gasteiger partial charge in [0, 0.05) is 61.5 Å². The van der Waals surface area contributed by atoms with E-state index in [9.17, 15) is 4.79 Å². The second-order valence-corrected chi connectivity index (χ2v) is 13.5. The van der Waals surface area contributed by atoms with Crippen molar-refractivity contribution in [3.63, 3.8) is 0 Å². The molecule has 3 heterocycles. The highest BCUT2D eigenvalue weighted by molar-refractivity contribution is 6.76. The number of rotatable bonds is 7. The molecule has 0 N–H and O–H groups in total. The monoisotopic (exact) mass is 387 g/mol. The number of halogens is 1. The molecule has 0 amide bonds. The number of hydrogen-bond acceptors (Lipinski definition) is 4. The van der Waals surface area contributed by atoms with Crippen LogP contribution in [-0.4, -0.2) is 35.5 Å². The van der Waals surface area contributed by atoms with E-state index in [2.05, 4.69) is 29.6 Å². The summed E-state index contributed by atoms with van der Waals surface area (Å²) in [7, 11) is -1.10. The van der Waals surface area contributed by atoms with E-state index in [-0.39, 0.29) is 0 Å². The first-order valence-electron chi connectivity index (χ1n) is 8.51. The lowest BCUT2D eigenvalue weighted by Crippen LogP contribution is -2.22. The van der Waals surface area contributed by atoms with Crippen molar-refractivity contribution in [2.45, 2.75) is 32.4 Å². The molecule has 0 saturated heterocycles. The third-order valence-electron chi connectivity index (χ3n) is 4.16. The highest BCUT2D eigenvalue weighted by Gasteiger charge is 2.14. The fourth-order valence-corrected chi connectivity index (χ4v) is 3.69. The van der Waals surface area contributed by atoms with E-state index < -0.39 is 8.07 Å². The van der Waals surface area contributed by atoms with Gasteiger partial charge in [-0.25, -0.2) is 4.98 Å². The second kappa shape index (κ2) is 7.69. The average molecular weight is 388 g/mol. The lowest BCUT2D eigenvalue weighted by Gasteiger charge is -2.15. The third-order valence-corrected chi connectivity index (χ3v) is 6.27. The fraction of sp³-hybridized carbons (Fsp3) is 0.316. The number of nitrogens with zero attached hydrogens (tertiary/aromatic N) is 3. The Balaban J connectivity index is 1.83. The molecule has 0 aromatic carbocycles. The van der Waals surface area contributed by atoms with Gasteiger partial charge in [0.1, 0.15) is 12.4 Å². The molecule has 0 aliphatic rings. The predicted molar refractivity (Wildman–Crippen MR) is 107 cm³/mol. The van der Waals surface area contributed by atoms with Gasteiger partial charge in [-0.2, -0.15) is 0 Å². The van der Waals surface area contributed by atoms with E-state index in [1.807, 2.05) is 16.8 Å². The van der Waals surface area contributed by atoms with Crippen molar-refractivity contribution in [3.8, 4) is 11.1 Å². The summed E-state index contributed by atoms with van der Waals surface area (Å²) < 4.78 is 7.77. The average Bonchev–Trinajstić information content (AvgIpc) is 3.02. The van der Waals surface area contributed by atoms with Gasteiger partial charge in [-0.3, -0.25) is 9.78 Å². The topological polar surface area (TPSA) is 57.0 Å². The third kappa shape index (κ3) is 4.20. The molecule has 136 valence electrons. The van der Waals surface area contributed by atoms with Gasteiger partial charge in [0.25, 0.3) is 0 Å². The number of pyridine rings is 2. The maximum absolute atomic E-state index is 11.0. The lowest BCUT2D eigenvalue weighted by atomic mass is 10.1. The summed E-state index contributed by atoms with van der Waals surface area (Å²) in [5, 5.41) is 1.45. The molecule has 3 aromatic rings. The molecular weight excluding hydrogens is 366 g/mol. The lowest BCUT2D eigenvalue weighted by molar-refractivity contribution is 0.0899. The molecule has 0 saturated carbocycles. The molecular formula is C19H22ClN3O2Si. The van der Waals surface area contributed by atoms with Crippen LogP contribution in [0.25, 0.3) is 22.2 Å². The Morgan fingerprint density at radius 1 is 1.27 bits per heavy atom. The van der Waals surface area contributed by atoms with E-state index in [0.717, 1.165) is 41.1 Å². The first-order valence-corrected chi connectivity index (χ1v) is 12.6. The Morgan fingerprint density at radius 3 is 2.81 bits per heavy atom. The van der Waals surface area contributed by atoms with E-state index >= 15 is 0 Å². The largest absolute Gasteiger partial charge is 0.361 e. The van der Waals surface area contributed by atoms with Crippen molar-refractivity contribution < 1.29 is 9.53 Å². The molecule has 0 aliphatic carbocycles. The first kappa shape index (κ1) is 18.8. The highest BCUT2D eigenvalue weighted by Crippen LogP contribution is 2.33. The Bertz CT molecular complexity index is 934. The van der Waals surface area contributed by atoms with Gasteiger partial charge in [0.2, 0.25) is 0 Å². The summed E-state index contributed by atoms with van der Waals surface area (Å²) in [6, 6.07) is 4.82. The van der Waals surface area contributed by atoms with Gasteiger partial charge in [0.05, 0.1) is 5.02 Å². The van der Waals surface area contributed by atoms with Gasteiger partial charge < -0.3 is 9.30 Å². The van der Waals surface area contributed by atoms with Crippen LogP contribution in [0.5, 0.6) is 0 Å². The van der Waals surface area contributed by atoms with Crippen molar-refractivity contribution in [2.24, 2.45) is 0 Å². The molecule has 0 atom stereocenters. The zero-order chi connectivity index (χ0) is 18.7. The highest BCUT2D eigenvalue weighted by atomic mass is 35.5. The molecule has 0 aliphatic heterocycles. The van der Waals surface area contributed by atoms with Crippen LogP contribution < -0.4 is 0 Å². The number of aldehydes is 1. The number of aromatic nitrogens is 3. The molecule has 0 bridgehead atoms. The zero-order valence-corrected chi connectivity index (χ0v) is 17.0. The van der Waals surface area contributed by atoms with Gasteiger partial charge in [-0.05, 0) is 18.2 Å². The number of hydrogen-bond donors (Lipinski definition) is 0. The molecule has 0 fully saturated rings. The zero-order valence-electron chi connectivity index (χ0n) is 15.2. The molecule has 3 aromatic heterocycles. The van der Waals surface area contributed by atoms with Crippen molar-refractivity contribution in [1.82, 2.24) is 14.5 Å². The van der Waals surface area contributed by atoms with Crippen molar-refractivity contribution in [3.05, 3.63) is 47.5 Å². The summed E-state index contributed by atoms with van der Waals surface area (Å²) in [5.41, 5.74) is 2.82. The normalized spacial score (nSPS) is 11.8. The van der Waals surface area contributed by atoms with Crippen LogP contribution in [0.15, 0.2) is 36.9 Å². The van der Waals surface area contributed by atoms with Crippen LogP contribution in [0.2, 0.25) is 30.7 Å². The molecule has 0 spiro atoms. The number of carbonyl (C=O) groups excluding carboxylic acids is 1. The van der Waals surface area contributed by atoms with Crippen LogP contribution in [0.4, 0.5) is 0 Å². The summed E-state index contributed by atoms with van der Waals surface area (Å²) in [6.07, 6.45) is 7.62. The SMILES string of the molecule is C[Si](C)(C)CCOCn1ccc2c(Cl)c(-c3cncc(C=O)c3)cnc21. The van der Waals surface area contributed by atoms with Crippen molar-refractivity contribution in [1.29, 1.82) is 0 Å². The van der Waals surface area contributed by atoms with Crippen molar-refractivity contribution in [2.75, 3.05) is 6.61 Å². The fourth-order valence-electron chi connectivity index (χ4n) is 2.62. The van der Waals surface area contributed by atoms with Crippen LogP contribution in [0, 0.1) is 0 Å². The van der Waals surface area contributed by atoms with Gasteiger partial charge in [0.15, 0.2) is 6.29 Å². The molecule has 3 rings (SSSR count). The minimum Gasteiger partial charge on any atom is -0.361 e. The quantitative estimate of drug-likeness (QED) is 0.329. The molecule has 26 heavy (non-hydrogen) atoms. The Hall–Kier alpha value is -2.02. The molecule has 7 heteroatoms. The predicted octanol–water partition coefficient (Wildman–Crippen LogP) is 4.88. The summed E-state index contributed by atoms with van der Waals surface area (Å²) in [4.78, 5) is 19.6. The maximum atomic E-state index is 11.0. The van der Waals surface area contributed by atoms with E-state index in [0.29, 0.717) is 17.3 Å². The van der Waals surface area contributed by atoms with Gasteiger partial charge in [-0.1, -0.05) is 31.2 Å². The van der Waals surface area contributed by atoms with Gasteiger partial charge >= 0.3 is 0 Å². The smallest absolute Gasteiger partial charge is 0.151 e. The second-order valence-electron chi connectivity index (χ2n) is 7.48. The summed E-state index contributed by atoms with van der Waals surface area (Å²) >= 11 is 6.60. The standard InChI is InChI=1S/C19H22ClN3O2Si/c1-26(2,3)7-6-25-13-23-5-4-16-18(20)17(11-22-19(16)23)15-8-14(12-24)9-21-10-15/h4-5,8-12H,6-7,13H2,1-3H3. The van der Waals surface area contributed by atoms with E-state index in [4.69, 9.17) is 16.3 Å². The maximum Gasteiger partial charge on any atom is 0.151 e. The van der Waals surface area contributed by atoms with E-state index in [1.54, 1.807) is 18.5 Å². The minimum absolute atomic E-state index is 0.457. The Morgan fingerprint density at radius 2 is 2.08 bits per heavy atom. The summed E-state index contributed by atoms with van der Waals surface area (Å²) in [6.45, 7) is 8.21. The number of fused-ring (bicyclic) bond motifs is 1. The molecule has 0 radical (unpaired) electrons. The van der Waals surface area contributed by atoms with E-state index in [1.165, 1.54) is 6.20 Å². The van der Waals surface area contributed by atoms with Crippen LogP contribution in [0.1, 0.15) is 10.4 Å². The minimum atomic E-state index is -1.10. The molecule has 0 unspecified atom stereocenters. The van der Waals surface area contributed by atoms with Crippen molar-refractivity contribution >= 4 is 37.0 Å².